The maximum atomic E-state index is 16.8. The Morgan fingerprint density at radius 1 is 0.338 bits per heavy atom. The zero-order chi connectivity index (χ0) is 44.2. The van der Waals surface area contributed by atoms with Gasteiger partial charge in [-0.3, -0.25) is 0 Å². The Bertz CT molecular complexity index is 3130. The van der Waals surface area contributed by atoms with Gasteiger partial charge in [0, 0.05) is 28.1 Å². The van der Waals surface area contributed by atoms with Crippen molar-refractivity contribution in [3.05, 3.63) is 257 Å². The molecule has 1 nitrogen and oxygen atoms in total. The van der Waals surface area contributed by atoms with Gasteiger partial charge in [-0.05, 0) is 141 Å². The first-order valence-corrected chi connectivity index (χ1v) is 22.6. The first kappa shape index (κ1) is 40.0. The summed E-state index contributed by atoms with van der Waals surface area (Å²) in [5.41, 5.74) is 15.6. The third-order valence-electron chi connectivity index (χ3n) is 13.3. The molecule has 0 aliphatic carbocycles. The van der Waals surface area contributed by atoms with Crippen LogP contribution in [-0.4, -0.2) is 0 Å². The molecular formula is C63H48FN. The third kappa shape index (κ3) is 7.12. The van der Waals surface area contributed by atoms with E-state index in [1.54, 1.807) is 12.1 Å². The second kappa shape index (κ2) is 16.4. The van der Waals surface area contributed by atoms with Gasteiger partial charge in [0.1, 0.15) is 5.82 Å². The number of hydrogen-bond donors (Lipinski definition) is 0. The van der Waals surface area contributed by atoms with Crippen molar-refractivity contribution < 1.29 is 4.39 Å². The van der Waals surface area contributed by atoms with Crippen LogP contribution in [0.3, 0.4) is 0 Å². The highest BCUT2D eigenvalue weighted by Crippen LogP contribution is 2.50. The zero-order valence-electron chi connectivity index (χ0n) is 37.1. The molecule has 0 heterocycles. The summed E-state index contributed by atoms with van der Waals surface area (Å²) in [6.45, 7) is 8.53. The minimum Gasteiger partial charge on any atom is -0.309 e. The molecule has 0 aliphatic heterocycles. The van der Waals surface area contributed by atoms with Crippen LogP contribution >= 0.6 is 0 Å². The molecule has 2 heteroatoms. The van der Waals surface area contributed by atoms with Crippen LogP contribution in [0.15, 0.2) is 212 Å². The molecule has 0 aliphatic rings. The van der Waals surface area contributed by atoms with E-state index in [0.717, 1.165) is 82.4 Å². The highest BCUT2D eigenvalue weighted by molar-refractivity contribution is 6.23. The van der Waals surface area contributed by atoms with Crippen LogP contribution in [0.25, 0.3) is 65.3 Å². The molecule has 0 saturated heterocycles. The SMILES string of the molecule is Cc1ccc(C(c2ccc(C)cc2)c2c3ccccc3c(-c3cc(F)cc(-c4c5ccccc5c(N(c5ccc(C)cc5)c5ccc(C)cc5)c5ccccc45)c3)c3ccccc23)cc1. The van der Waals surface area contributed by atoms with Crippen LogP contribution in [0.5, 0.6) is 0 Å². The predicted octanol–water partition coefficient (Wildman–Crippen LogP) is 17.7. The largest absolute Gasteiger partial charge is 0.309 e. The Morgan fingerprint density at radius 2 is 0.646 bits per heavy atom. The number of fused-ring (bicyclic) bond motifs is 4. The van der Waals surface area contributed by atoms with Gasteiger partial charge in [-0.25, -0.2) is 4.39 Å². The minimum absolute atomic E-state index is 0.0289. The molecule has 0 spiro atoms. The maximum Gasteiger partial charge on any atom is 0.124 e. The highest BCUT2D eigenvalue weighted by Gasteiger charge is 2.26. The van der Waals surface area contributed by atoms with Gasteiger partial charge in [-0.1, -0.05) is 192 Å². The van der Waals surface area contributed by atoms with E-state index < -0.39 is 0 Å². The molecule has 65 heavy (non-hydrogen) atoms. The summed E-state index contributed by atoms with van der Waals surface area (Å²) in [5, 5.41) is 8.81. The van der Waals surface area contributed by atoms with Crippen molar-refractivity contribution in [3.63, 3.8) is 0 Å². The standard InChI is InChI=1S/C63H48FN/c1-40-21-29-44(30-22-40)59(45-31-23-41(2)24-32-45)62-53-15-7-5-13-51(53)60(52-14-6-8-16-54(52)62)46-37-47(39-48(64)38-46)61-55-17-9-11-19-57(55)63(58-20-12-10-18-56(58)61)65(49-33-25-42(3)26-34-49)50-35-27-43(4)28-36-50/h5-39,59H,1-4H3. The summed E-state index contributed by atoms with van der Waals surface area (Å²) in [4.78, 5) is 2.38. The van der Waals surface area contributed by atoms with Gasteiger partial charge in [0.2, 0.25) is 0 Å². The molecule has 0 aromatic heterocycles. The fourth-order valence-electron chi connectivity index (χ4n) is 10.2. The molecule has 0 radical (unpaired) electrons. The van der Waals surface area contributed by atoms with Gasteiger partial charge in [0.25, 0.3) is 0 Å². The van der Waals surface area contributed by atoms with Crippen molar-refractivity contribution in [2.75, 3.05) is 4.90 Å². The minimum atomic E-state index is -0.273. The normalized spacial score (nSPS) is 11.6. The van der Waals surface area contributed by atoms with Gasteiger partial charge in [-0.15, -0.1) is 0 Å². The number of rotatable bonds is 8. The fourth-order valence-corrected chi connectivity index (χ4v) is 10.2. The van der Waals surface area contributed by atoms with Crippen LogP contribution in [0.1, 0.15) is 44.9 Å². The van der Waals surface area contributed by atoms with E-state index in [4.69, 9.17) is 0 Å². The lowest BCUT2D eigenvalue weighted by Crippen LogP contribution is -2.11. The number of anilines is 3. The van der Waals surface area contributed by atoms with Gasteiger partial charge >= 0.3 is 0 Å². The van der Waals surface area contributed by atoms with Gasteiger partial charge in [-0.2, -0.15) is 0 Å². The molecule has 0 atom stereocenters. The molecule has 0 bridgehead atoms. The van der Waals surface area contributed by atoms with E-state index in [0.29, 0.717) is 0 Å². The first-order valence-electron chi connectivity index (χ1n) is 22.6. The molecule has 0 N–H and O–H groups in total. The van der Waals surface area contributed by atoms with Crippen molar-refractivity contribution in [1.82, 2.24) is 0 Å². The van der Waals surface area contributed by atoms with Gasteiger partial charge in [0.15, 0.2) is 0 Å². The second-order valence-electron chi connectivity index (χ2n) is 17.7. The van der Waals surface area contributed by atoms with Gasteiger partial charge < -0.3 is 4.90 Å². The van der Waals surface area contributed by atoms with Crippen molar-refractivity contribution in [1.29, 1.82) is 0 Å². The molecule has 312 valence electrons. The van der Waals surface area contributed by atoms with Gasteiger partial charge in [0.05, 0.1) is 5.69 Å². The van der Waals surface area contributed by atoms with Crippen LogP contribution in [0.2, 0.25) is 0 Å². The van der Waals surface area contributed by atoms with Crippen molar-refractivity contribution in [2.24, 2.45) is 0 Å². The number of aryl methyl sites for hydroxylation is 4. The Labute approximate surface area is 380 Å². The predicted molar refractivity (Wildman–Crippen MR) is 275 cm³/mol. The maximum absolute atomic E-state index is 16.8. The number of nitrogens with zero attached hydrogens (tertiary/aromatic N) is 1. The number of hydrogen-bond acceptors (Lipinski definition) is 1. The molecule has 0 amide bonds. The lowest BCUT2D eigenvalue weighted by atomic mass is 9.78. The zero-order valence-corrected chi connectivity index (χ0v) is 37.1. The van der Waals surface area contributed by atoms with Crippen molar-refractivity contribution in [2.45, 2.75) is 33.6 Å². The molecule has 0 unspecified atom stereocenters. The molecule has 0 fully saturated rings. The van der Waals surface area contributed by atoms with E-state index in [1.807, 2.05) is 0 Å². The summed E-state index contributed by atoms with van der Waals surface area (Å²) in [5.74, 6) is -0.302. The van der Waals surface area contributed by atoms with Crippen LogP contribution < -0.4 is 4.90 Å². The number of halogens is 1. The van der Waals surface area contributed by atoms with Crippen LogP contribution in [-0.2, 0) is 0 Å². The van der Waals surface area contributed by atoms with Crippen molar-refractivity contribution >= 4 is 60.2 Å². The average Bonchev–Trinajstić information content (AvgIpc) is 3.33. The van der Waals surface area contributed by atoms with E-state index in [-0.39, 0.29) is 11.7 Å². The Kier molecular flexibility index (Phi) is 10.1. The molecular weight excluding hydrogens is 790 g/mol. The summed E-state index contributed by atoms with van der Waals surface area (Å²) in [6, 6.07) is 75.9. The first-order chi connectivity index (χ1) is 31.8. The highest BCUT2D eigenvalue weighted by atomic mass is 19.1. The lowest BCUT2D eigenvalue weighted by molar-refractivity contribution is 0.629. The van der Waals surface area contributed by atoms with Crippen LogP contribution in [0.4, 0.5) is 21.5 Å². The lowest BCUT2D eigenvalue weighted by Gasteiger charge is -2.30. The van der Waals surface area contributed by atoms with E-state index in [2.05, 4.69) is 233 Å². The molecule has 0 saturated carbocycles. The fraction of sp³-hybridized carbons (Fsp3) is 0.0794. The van der Waals surface area contributed by atoms with Crippen LogP contribution in [0, 0.1) is 33.5 Å². The molecule has 11 aromatic carbocycles. The Balaban J connectivity index is 1.18. The topological polar surface area (TPSA) is 3.24 Å². The summed E-state index contributed by atoms with van der Waals surface area (Å²) < 4.78 is 16.8. The Hall–Kier alpha value is -7.81. The summed E-state index contributed by atoms with van der Waals surface area (Å²) >= 11 is 0. The third-order valence-corrected chi connectivity index (χ3v) is 13.3. The number of benzene rings is 11. The van der Waals surface area contributed by atoms with E-state index in [9.17, 15) is 0 Å². The Morgan fingerprint density at radius 3 is 1.02 bits per heavy atom. The summed E-state index contributed by atoms with van der Waals surface area (Å²) in [6.07, 6.45) is 0. The smallest absolute Gasteiger partial charge is 0.124 e. The average molecular weight is 838 g/mol. The summed E-state index contributed by atoms with van der Waals surface area (Å²) in [7, 11) is 0. The monoisotopic (exact) mass is 837 g/mol. The second-order valence-corrected chi connectivity index (χ2v) is 17.7. The van der Waals surface area contributed by atoms with Crippen molar-refractivity contribution in [3.8, 4) is 22.3 Å². The van der Waals surface area contributed by atoms with E-state index >= 15 is 4.39 Å². The molecule has 11 aromatic rings. The van der Waals surface area contributed by atoms with E-state index in [1.165, 1.54) is 38.9 Å². The molecule has 11 rings (SSSR count). The quantitative estimate of drug-likeness (QED) is 0.109.